The van der Waals surface area contributed by atoms with Gasteiger partial charge in [0.1, 0.15) is 6.54 Å². The molecule has 0 spiro atoms. The highest BCUT2D eigenvalue weighted by Crippen LogP contribution is 2.31. The quantitative estimate of drug-likeness (QED) is 0.487. The first-order valence-electron chi connectivity index (χ1n) is 8.47. The van der Waals surface area contributed by atoms with Gasteiger partial charge in [-0.25, -0.2) is 0 Å². The van der Waals surface area contributed by atoms with Crippen LogP contribution in [0.1, 0.15) is 6.92 Å². The zero-order valence-electron chi connectivity index (χ0n) is 15.3. The highest BCUT2D eigenvalue weighted by Gasteiger charge is 2.32. The molecule has 6 nitrogen and oxygen atoms in total. The van der Waals surface area contributed by atoms with E-state index in [0.717, 1.165) is 16.3 Å². The second kappa shape index (κ2) is 9.23. The molecule has 12 heteroatoms. The molecular weight excluding hydrogens is 462 g/mol. The number of nitrogens with one attached hydrogen (secondary N) is 1. The molecule has 0 bridgehead atoms. The van der Waals surface area contributed by atoms with E-state index in [1.54, 1.807) is 6.07 Å². The van der Waals surface area contributed by atoms with Gasteiger partial charge in [-0.2, -0.15) is 13.2 Å². The standard InChI is InChI=1S/C18H14Cl2F3N5OS/c1-10(16(29)25-14-8-12(19)2-3-13(14)20)30-17-27-26-15(11-4-6-24-7-5-11)28(17)9-18(21,22)23/h2-8,10H,9H2,1H3,(H,25,29). The Hall–Kier alpha value is -2.30. The molecule has 1 aromatic carbocycles. The number of nitrogens with zero attached hydrogens (tertiary/aromatic N) is 4. The maximum absolute atomic E-state index is 13.2. The topological polar surface area (TPSA) is 72.7 Å². The molecule has 2 aromatic heterocycles. The number of hydrogen-bond acceptors (Lipinski definition) is 5. The van der Waals surface area contributed by atoms with E-state index in [1.807, 2.05) is 0 Å². The summed E-state index contributed by atoms with van der Waals surface area (Å²) in [5.74, 6) is -0.445. The SMILES string of the molecule is CC(Sc1nnc(-c2ccncc2)n1CC(F)(F)F)C(=O)Nc1cc(Cl)ccc1Cl. The highest BCUT2D eigenvalue weighted by atomic mass is 35.5. The highest BCUT2D eigenvalue weighted by molar-refractivity contribution is 8.00. The van der Waals surface area contributed by atoms with Gasteiger partial charge in [0.2, 0.25) is 5.91 Å². The van der Waals surface area contributed by atoms with Gasteiger partial charge in [-0.15, -0.1) is 10.2 Å². The lowest BCUT2D eigenvalue weighted by Crippen LogP contribution is -2.24. The summed E-state index contributed by atoms with van der Waals surface area (Å²) in [6, 6.07) is 7.63. The number of pyridine rings is 1. The van der Waals surface area contributed by atoms with Gasteiger partial charge >= 0.3 is 6.18 Å². The molecule has 158 valence electrons. The van der Waals surface area contributed by atoms with Crippen LogP contribution in [-0.2, 0) is 11.3 Å². The van der Waals surface area contributed by atoms with E-state index < -0.39 is 23.9 Å². The molecule has 1 N–H and O–H groups in total. The third-order valence-electron chi connectivity index (χ3n) is 3.83. The van der Waals surface area contributed by atoms with Crippen LogP contribution < -0.4 is 5.32 Å². The summed E-state index contributed by atoms with van der Waals surface area (Å²) in [6.07, 6.45) is -1.61. The lowest BCUT2D eigenvalue weighted by Gasteiger charge is -2.15. The predicted molar refractivity (Wildman–Crippen MR) is 110 cm³/mol. The second-order valence-electron chi connectivity index (χ2n) is 6.12. The van der Waals surface area contributed by atoms with Crippen molar-refractivity contribution >= 4 is 46.6 Å². The Morgan fingerprint density at radius 1 is 1.20 bits per heavy atom. The molecule has 0 saturated heterocycles. The molecule has 0 fully saturated rings. The normalized spacial score (nSPS) is 12.6. The van der Waals surface area contributed by atoms with E-state index in [2.05, 4.69) is 20.5 Å². The molecule has 0 aliphatic carbocycles. The zero-order valence-corrected chi connectivity index (χ0v) is 17.6. The number of anilines is 1. The number of thioether (sulfide) groups is 1. The monoisotopic (exact) mass is 475 g/mol. The van der Waals surface area contributed by atoms with Crippen molar-refractivity contribution in [2.75, 3.05) is 5.32 Å². The zero-order chi connectivity index (χ0) is 21.9. The molecule has 0 radical (unpaired) electrons. The number of hydrogen-bond donors (Lipinski definition) is 1. The average molecular weight is 476 g/mol. The summed E-state index contributed by atoms with van der Waals surface area (Å²) in [5.41, 5.74) is 0.729. The number of aromatic nitrogens is 4. The summed E-state index contributed by atoms with van der Waals surface area (Å²) in [7, 11) is 0. The van der Waals surface area contributed by atoms with Crippen LogP contribution in [0.4, 0.5) is 18.9 Å². The lowest BCUT2D eigenvalue weighted by atomic mass is 10.2. The van der Waals surface area contributed by atoms with Crippen LogP contribution in [0.3, 0.4) is 0 Å². The van der Waals surface area contributed by atoms with Crippen LogP contribution in [0, 0.1) is 0 Å². The van der Waals surface area contributed by atoms with Crippen molar-refractivity contribution in [3.63, 3.8) is 0 Å². The van der Waals surface area contributed by atoms with Gasteiger partial charge in [0.15, 0.2) is 11.0 Å². The molecule has 0 saturated carbocycles. The minimum atomic E-state index is -4.50. The molecule has 1 amide bonds. The van der Waals surface area contributed by atoms with Crippen molar-refractivity contribution in [1.82, 2.24) is 19.7 Å². The van der Waals surface area contributed by atoms with E-state index in [4.69, 9.17) is 23.2 Å². The molecule has 1 atom stereocenters. The summed E-state index contributed by atoms with van der Waals surface area (Å²) < 4.78 is 40.4. The lowest BCUT2D eigenvalue weighted by molar-refractivity contribution is -0.141. The predicted octanol–water partition coefficient (Wildman–Crippen LogP) is 5.33. The van der Waals surface area contributed by atoms with Gasteiger partial charge in [0.05, 0.1) is 16.0 Å². The van der Waals surface area contributed by atoms with Gasteiger partial charge in [-0.3, -0.25) is 14.3 Å². The Morgan fingerprint density at radius 2 is 1.90 bits per heavy atom. The van der Waals surface area contributed by atoms with E-state index in [-0.39, 0.29) is 16.0 Å². The van der Waals surface area contributed by atoms with Gasteiger partial charge in [-0.1, -0.05) is 35.0 Å². The third kappa shape index (κ3) is 5.65. The van der Waals surface area contributed by atoms with Gasteiger partial charge < -0.3 is 5.32 Å². The number of amides is 1. The third-order valence-corrected chi connectivity index (χ3v) is 5.48. The minimum absolute atomic E-state index is 0.0303. The van der Waals surface area contributed by atoms with Crippen molar-refractivity contribution in [1.29, 1.82) is 0 Å². The van der Waals surface area contributed by atoms with E-state index in [0.29, 0.717) is 16.3 Å². The Balaban J connectivity index is 1.83. The Labute approximate surface area is 183 Å². The van der Waals surface area contributed by atoms with Crippen LogP contribution in [-0.4, -0.2) is 37.1 Å². The fourth-order valence-corrected chi connectivity index (χ4v) is 3.64. The first-order valence-corrected chi connectivity index (χ1v) is 10.1. The van der Waals surface area contributed by atoms with Gasteiger partial charge in [0, 0.05) is 23.0 Å². The summed E-state index contributed by atoms with van der Waals surface area (Å²) >= 11 is 12.8. The van der Waals surface area contributed by atoms with E-state index >= 15 is 0 Å². The largest absolute Gasteiger partial charge is 0.406 e. The van der Waals surface area contributed by atoms with E-state index in [1.165, 1.54) is 43.6 Å². The number of rotatable bonds is 6. The summed E-state index contributed by atoms with van der Waals surface area (Å²) in [6.45, 7) is 0.242. The summed E-state index contributed by atoms with van der Waals surface area (Å²) in [5, 5.41) is 10.2. The molecular formula is C18H14Cl2F3N5OS. The molecule has 3 aromatic rings. The van der Waals surface area contributed by atoms with Crippen LogP contribution >= 0.6 is 35.0 Å². The van der Waals surface area contributed by atoms with Crippen molar-refractivity contribution in [2.24, 2.45) is 0 Å². The molecule has 30 heavy (non-hydrogen) atoms. The van der Waals surface area contributed by atoms with Gasteiger partial charge in [-0.05, 0) is 37.3 Å². The summed E-state index contributed by atoms with van der Waals surface area (Å²) in [4.78, 5) is 16.4. The van der Waals surface area contributed by atoms with E-state index in [9.17, 15) is 18.0 Å². The van der Waals surface area contributed by atoms with Crippen LogP contribution in [0.5, 0.6) is 0 Å². The average Bonchev–Trinajstić information content (AvgIpc) is 3.05. The van der Waals surface area contributed by atoms with Crippen LogP contribution in [0.25, 0.3) is 11.4 Å². The van der Waals surface area contributed by atoms with Crippen molar-refractivity contribution < 1.29 is 18.0 Å². The van der Waals surface area contributed by atoms with Crippen molar-refractivity contribution in [3.8, 4) is 11.4 Å². The molecule has 0 aliphatic rings. The molecule has 0 aliphatic heterocycles. The van der Waals surface area contributed by atoms with Crippen LogP contribution in [0.2, 0.25) is 10.0 Å². The fourth-order valence-electron chi connectivity index (χ4n) is 2.45. The molecule has 3 rings (SSSR count). The number of benzene rings is 1. The first kappa shape index (κ1) is 22.4. The van der Waals surface area contributed by atoms with Crippen molar-refractivity contribution in [3.05, 3.63) is 52.8 Å². The second-order valence-corrected chi connectivity index (χ2v) is 8.27. The Bertz CT molecular complexity index is 1050. The number of halogens is 5. The van der Waals surface area contributed by atoms with Gasteiger partial charge in [0.25, 0.3) is 0 Å². The maximum atomic E-state index is 13.2. The fraction of sp³-hybridized carbons (Fsp3) is 0.222. The first-order chi connectivity index (χ1) is 14.1. The number of carbonyl (C=O) groups is 1. The Morgan fingerprint density at radius 3 is 2.57 bits per heavy atom. The maximum Gasteiger partial charge on any atom is 0.406 e. The van der Waals surface area contributed by atoms with Crippen molar-refractivity contribution in [2.45, 2.75) is 30.1 Å². The minimum Gasteiger partial charge on any atom is -0.324 e. The number of alkyl halides is 3. The van der Waals surface area contributed by atoms with Crippen LogP contribution in [0.15, 0.2) is 47.9 Å². The Kier molecular flexibility index (Phi) is 6.89. The molecule has 2 heterocycles. The number of carbonyl (C=O) groups excluding carboxylic acids is 1. The smallest absolute Gasteiger partial charge is 0.324 e. The molecule has 1 unspecified atom stereocenters.